The third kappa shape index (κ3) is 8.66. The molecule has 2 heterocycles. The third-order valence-corrected chi connectivity index (χ3v) is 10.8. The first-order valence-electron chi connectivity index (χ1n) is 27.3. The first-order valence-corrected chi connectivity index (χ1v) is 19.8. The third-order valence-electron chi connectivity index (χ3n) is 10.8. The van der Waals surface area contributed by atoms with Crippen molar-refractivity contribution in [3.63, 3.8) is 0 Å². The zero-order chi connectivity index (χ0) is 55.6. The quantitative estimate of drug-likeness (QED) is 0.154. The maximum atomic E-state index is 11.8. The van der Waals surface area contributed by atoms with Crippen LogP contribution in [0.4, 0.5) is 0 Å². The van der Waals surface area contributed by atoms with Gasteiger partial charge in [0.05, 0.1) is 31.9 Å². The van der Waals surface area contributed by atoms with Crippen LogP contribution in [0.3, 0.4) is 0 Å². The van der Waals surface area contributed by atoms with Crippen LogP contribution in [0.5, 0.6) is 5.75 Å². The molecular weight excluding hydrogens is 926 g/mol. The maximum absolute atomic E-state index is 11.8. The van der Waals surface area contributed by atoms with Crippen LogP contribution >= 0.6 is 0 Å². The Morgan fingerprint density at radius 2 is 1.44 bits per heavy atom. The van der Waals surface area contributed by atoms with Crippen LogP contribution in [0.15, 0.2) is 121 Å². The number of aromatic nitrogens is 3. The van der Waals surface area contributed by atoms with E-state index in [9.17, 15) is 6.48 Å². The molecule has 0 unspecified atom stereocenters. The van der Waals surface area contributed by atoms with Crippen LogP contribution < -0.4 is 0 Å². The molecule has 0 aliphatic rings. The minimum Gasteiger partial charge on any atom is -0.507 e. The van der Waals surface area contributed by atoms with Crippen molar-refractivity contribution < 1.29 is 46.7 Å². The largest absolute Gasteiger partial charge is 0.507 e. The number of hydrogen-bond donors (Lipinski definition) is 1. The van der Waals surface area contributed by atoms with E-state index in [0.717, 1.165) is 5.56 Å². The number of phenolic OH excluding ortho intramolecular Hbond substituents is 1. The summed E-state index contributed by atoms with van der Waals surface area (Å²) in [5.41, 5.74) is 4.48. The van der Waals surface area contributed by atoms with E-state index in [1.807, 2.05) is 58.0 Å². The SMILES string of the molecule is [2H]c1nc(-c2[c-]c(-c3cccc4c3nc(-c3cc(C)cc(C)c3O)n4-c3ccc(-c4cc(C([2H])(C)C)cc(C([2H])(C)C)c4)cc3C([2H])([2H])[2H])cc(C(C)(C)C)c2)c([2H])c(-c2c([2H])c([2H])c(C([2H])([2H])[2H])c([2H])c2[2H])c1[2H].[Pt]. The van der Waals surface area contributed by atoms with Gasteiger partial charge in [-0.15, -0.1) is 29.3 Å². The molecule has 61 heavy (non-hydrogen) atoms. The van der Waals surface area contributed by atoms with E-state index in [2.05, 4.69) is 11.1 Å². The van der Waals surface area contributed by atoms with Crippen LogP contribution in [0, 0.1) is 33.6 Å². The number of aryl methyl sites for hydroxylation is 3. The Morgan fingerprint density at radius 1 is 0.721 bits per heavy atom. The van der Waals surface area contributed by atoms with Crippen LogP contribution in [-0.2, 0) is 26.5 Å². The number of nitrogens with zero attached hydrogens (tertiary/aromatic N) is 3. The average Bonchev–Trinajstić information content (AvgIpc) is 3.69. The number of benzene rings is 6. The first kappa shape index (κ1) is 28.1. The summed E-state index contributed by atoms with van der Waals surface area (Å²) in [6, 6.07) is 22.1. The van der Waals surface area contributed by atoms with Crippen LogP contribution in [-0.4, -0.2) is 19.6 Å². The number of hydrogen-bond acceptors (Lipinski definition) is 3. The second-order valence-corrected chi connectivity index (χ2v) is 16.8. The molecule has 0 bridgehead atoms. The van der Waals surface area contributed by atoms with Crippen molar-refractivity contribution >= 4 is 11.0 Å². The van der Waals surface area contributed by atoms with Crippen LogP contribution in [0.2, 0.25) is 0 Å². The normalized spacial score (nSPS) is 16.0. The molecule has 312 valence electrons. The van der Waals surface area contributed by atoms with Crippen molar-refractivity contribution in [1.29, 1.82) is 0 Å². The van der Waals surface area contributed by atoms with E-state index < -0.39 is 90.0 Å². The summed E-state index contributed by atoms with van der Waals surface area (Å²) in [6.07, 6.45) is -0.646. The van der Waals surface area contributed by atoms with Gasteiger partial charge in [0.15, 0.2) is 0 Å². The number of rotatable bonds is 8. The fourth-order valence-electron chi connectivity index (χ4n) is 7.44. The summed E-state index contributed by atoms with van der Waals surface area (Å²) in [7, 11) is 0. The van der Waals surface area contributed by atoms with Crippen LogP contribution in [0.1, 0.15) is 120 Å². The number of imidazole rings is 1. The molecule has 2 aromatic heterocycles. The topological polar surface area (TPSA) is 50.9 Å². The molecule has 1 N–H and O–H groups in total. The van der Waals surface area contributed by atoms with Gasteiger partial charge in [0.2, 0.25) is 0 Å². The molecule has 0 aliphatic carbocycles. The number of pyridine rings is 1. The summed E-state index contributed by atoms with van der Waals surface area (Å²) < 4.78 is 132. The number of aromatic hydroxyl groups is 1. The minimum atomic E-state index is -3.00. The molecule has 6 aromatic carbocycles. The smallest absolute Gasteiger partial charge is 0.148 e. The van der Waals surface area contributed by atoms with Gasteiger partial charge in [0.1, 0.15) is 11.6 Å². The van der Waals surface area contributed by atoms with Gasteiger partial charge >= 0.3 is 0 Å². The Labute approximate surface area is 398 Å². The van der Waals surface area contributed by atoms with Crippen molar-refractivity contribution in [3.8, 4) is 67.5 Å². The van der Waals surface area contributed by atoms with Crippen LogP contribution in [0.25, 0.3) is 72.7 Å². The van der Waals surface area contributed by atoms with Gasteiger partial charge in [-0.1, -0.05) is 138 Å². The van der Waals surface area contributed by atoms with Crippen molar-refractivity contribution in [1.82, 2.24) is 14.5 Å². The van der Waals surface area contributed by atoms with E-state index in [-0.39, 0.29) is 55.1 Å². The molecule has 0 saturated heterocycles. The van der Waals surface area contributed by atoms with E-state index in [1.54, 1.807) is 87.7 Å². The Morgan fingerprint density at radius 3 is 2.11 bits per heavy atom. The molecule has 0 fully saturated rings. The molecule has 8 rings (SSSR count). The monoisotopic (exact) mass is 997 g/mol. The van der Waals surface area contributed by atoms with Gasteiger partial charge in [0.25, 0.3) is 0 Å². The number of fused-ring (bicyclic) bond motifs is 1. The Hall–Kier alpha value is -5.57. The van der Waals surface area contributed by atoms with E-state index in [4.69, 9.17) is 24.2 Å². The molecule has 5 heteroatoms. The van der Waals surface area contributed by atoms with Crippen molar-refractivity contribution in [2.24, 2.45) is 0 Å². The minimum absolute atomic E-state index is 0. The van der Waals surface area contributed by atoms with Gasteiger partial charge in [-0.3, -0.25) is 9.55 Å². The average molecular weight is 997 g/mol. The Balaban J connectivity index is 0.00000840. The standard InChI is InChI=1S/C56H56N3O.Pt/c1-33(2)42-26-43(34(3)4)28-44(27-42)40-19-20-51(37(7)25-40)59-52-14-12-13-48(53(52)58-55(59)49-24-36(6)23-38(8)54(49)60)45-29-46(31-47(30-45)56(9,10)11)50-32-41(21-22-57-50)39-17-15-35(5)16-18-39;/h12-28,30-34,60H,1-11H3;/q-1;/i5D3,7D3,15D,16D,17D,18D,21D,22D,32D,33D,34D;. The molecule has 0 atom stereocenters. The molecule has 0 amide bonds. The molecule has 0 aliphatic heterocycles. The van der Waals surface area contributed by atoms with Gasteiger partial charge < -0.3 is 5.11 Å². The molecule has 0 saturated carbocycles. The molecular formula is C56H56N3OPt-. The van der Waals surface area contributed by atoms with Gasteiger partial charge in [0, 0.05) is 43.9 Å². The summed E-state index contributed by atoms with van der Waals surface area (Å²) in [5.74, 6) is -1.91. The summed E-state index contributed by atoms with van der Waals surface area (Å²) in [4.78, 5) is 9.61. The van der Waals surface area contributed by atoms with Gasteiger partial charge in [-0.05, 0) is 125 Å². The van der Waals surface area contributed by atoms with E-state index >= 15 is 0 Å². The Kier molecular flexibility index (Phi) is 7.86. The summed E-state index contributed by atoms with van der Waals surface area (Å²) in [6.45, 7) is 10.8. The predicted octanol–water partition coefficient (Wildman–Crippen LogP) is 15.0. The summed E-state index contributed by atoms with van der Waals surface area (Å²) >= 11 is 0. The molecule has 0 spiro atoms. The zero-order valence-corrected chi connectivity index (χ0v) is 37.9. The van der Waals surface area contributed by atoms with E-state index in [1.165, 1.54) is 0 Å². The summed E-state index contributed by atoms with van der Waals surface area (Å²) in [5, 5.41) is 11.8. The second kappa shape index (κ2) is 17.1. The Bertz CT molecular complexity index is 3590. The second-order valence-electron chi connectivity index (χ2n) is 16.8. The predicted molar refractivity (Wildman–Crippen MR) is 252 cm³/mol. The molecule has 0 radical (unpaired) electrons. The van der Waals surface area contributed by atoms with Gasteiger partial charge in [-0.2, -0.15) is 0 Å². The molecule has 4 nitrogen and oxygen atoms in total. The number of phenols is 1. The fraction of sp³-hybridized carbons (Fsp3) is 0.250. The maximum Gasteiger partial charge on any atom is 0.148 e. The van der Waals surface area contributed by atoms with E-state index in [0.29, 0.717) is 61.1 Å². The van der Waals surface area contributed by atoms with Crippen molar-refractivity contribution in [2.45, 2.75) is 93.2 Å². The van der Waals surface area contributed by atoms with Crippen molar-refractivity contribution in [3.05, 3.63) is 166 Å². The van der Waals surface area contributed by atoms with Crippen molar-refractivity contribution in [2.75, 3.05) is 0 Å². The molecule has 8 aromatic rings. The first-order chi connectivity index (χ1) is 34.5. The number of para-hydroxylation sites is 1. The zero-order valence-electron chi connectivity index (χ0n) is 50.6. The fourth-order valence-corrected chi connectivity index (χ4v) is 7.44. The van der Waals surface area contributed by atoms with Gasteiger partial charge in [-0.25, -0.2) is 4.98 Å².